The number of nitrogens with one attached hydrogen (secondary N) is 1. The molecule has 0 aliphatic rings. The number of aliphatic hydroxyl groups is 1. The highest BCUT2D eigenvalue weighted by atomic mass is 32.2. The topological polar surface area (TPSA) is 118 Å². The molecule has 0 spiro atoms. The Morgan fingerprint density at radius 3 is 2.50 bits per heavy atom. The van der Waals surface area contributed by atoms with Gasteiger partial charge >= 0.3 is 0 Å². The minimum atomic E-state index is -3.49. The Morgan fingerprint density at radius 1 is 1.19 bits per heavy atom. The number of aromatic amines is 1. The van der Waals surface area contributed by atoms with Crippen LogP contribution in [0.25, 0.3) is 22.5 Å². The van der Waals surface area contributed by atoms with Crippen LogP contribution in [0.2, 0.25) is 0 Å². The van der Waals surface area contributed by atoms with Crippen LogP contribution in [0.1, 0.15) is 6.92 Å². The number of hydrogen-bond donors (Lipinski definition) is 2. The second kappa shape index (κ2) is 7.22. The minimum Gasteiger partial charge on any atom is -0.488 e. The Labute approximate surface area is 150 Å². The number of H-pyrrole nitrogens is 1. The maximum Gasteiger partial charge on any atom is 0.206 e. The van der Waals surface area contributed by atoms with E-state index < -0.39 is 9.84 Å². The van der Waals surface area contributed by atoms with Gasteiger partial charge in [-0.05, 0) is 41.5 Å². The first-order chi connectivity index (χ1) is 12.4. The van der Waals surface area contributed by atoms with Gasteiger partial charge in [-0.25, -0.2) is 8.42 Å². The molecule has 3 rings (SSSR count). The molecule has 26 heavy (non-hydrogen) atoms. The molecule has 9 heteroatoms. The summed E-state index contributed by atoms with van der Waals surface area (Å²) in [6.45, 7) is 1.68. The van der Waals surface area contributed by atoms with Crippen molar-refractivity contribution in [3.63, 3.8) is 0 Å². The molecule has 1 unspecified atom stereocenters. The van der Waals surface area contributed by atoms with Crippen LogP contribution in [0.4, 0.5) is 0 Å². The standard InChI is InChI=1S/C17H18N4O4S/c1-11(10-22)25-13-8-6-12(7-9-13)14-4-3-5-15(26(2,23)24)16(14)17-18-20-21-19-17/h3-9,11,22H,10H2,1-2H3,(H,18,19,20,21). The fourth-order valence-corrected chi connectivity index (χ4v) is 3.46. The smallest absolute Gasteiger partial charge is 0.206 e. The molecule has 0 saturated carbocycles. The third kappa shape index (κ3) is 3.73. The maximum atomic E-state index is 12.2. The Balaban J connectivity index is 2.11. The van der Waals surface area contributed by atoms with Crippen LogP contribution in [0, 0.1) is 0 Å². The molecule has 2 N–H and O–H groups in total. The van der Waals surface area contributed by atoms with Gasteiger partial charge in [0.1, 0.15) is 11.9 Å². The molecular formula is C17H18N4O4S. The SMILES string of the molecule is CC(CO)Oc1ccc(-c2cccc(S(C)(=O)=O)c2-c2nn[nH]n2)cc1. The number of aliphatic hydroxyl groups excluding tert-OH is 1. The lowest BCUT2D eigenvalue weighted by Gasteiger charge is -2.14. The highest BCUT2D eigenvalue weighted by molar-refractivity contribution is 7.90. The lowest BCUT2D eigenvalue weighted by atomic mass is 9.99. The molecule has 0 aliphatic heterocycles. The maximum absolute atomic E-state index is 12.2. The Bertz CT molecular complexity index is 986. The van der Waals surface area contributed by atoms with E-state index in [1.807, 2.05) is 12.1 Å². The monoisotopic (exact) mass is 374 g/mol. The van der Waals surface area contributed by atoms with Crippen molar-refractivity contribution < 1.29 is 18.3 Å². The van der Waals surface area contributed by atoms with Crippen molar-refractivity contribution in [2.45, 2.75) is 17.9 Å². The van der Waals surface area contributed by atoms with Gasteiger partial charge in [-0.2, -0.15) is 5.21 Å². The molecule has 0 aliphatic carbocycles. The van der Waals surface area contributed by atoms with Crippen molar-refractivity contribution in [1.82, 2.24) is 20.6 Å². The van der Waals surface area contributed by atoms with E-state index in [-0.39, 0.29) is 23.4 Å². The van der Waals surface area contributed by atoms with Crippen molar-refractivity contribution >= 4 is 9.84 Å². The first-order valence-electron chi connectivity index (χ1n) is 7.85. The van der Waals surface area contributed by atoms with Crippen LogP contribution in [0.3, 0.4) is 0 Å². The molecule has 1 heterocycles. The fourth-order valence-electron chi connectivity index (χ4n) is 2.56. The van der Waals surface area contributed by atoms with Crippen LogP contribution in [0.5, 0.6) is 5.75 Å². The fraction of sp³-hybridized carbons (Fsp3) is 0.235. The molecule has 2 aromatic carbocycles. The Hall–Kier alpha value is -2.78. The van der Waals surface area contributed by atoms with E-state index in [0.29, 0.717) is 16.9 Å². The van der Waals surface area contributed by atoms with Gasteiger partial charge in [0.2, 0.25) is 5.82 Å². The second-order valence-electron chi connectivity index (χ2n) is 5.82. The molecule has 0 amide bonds. The second-order valence-corrected chi connectivity index (χ2v) is 7.81. The number of rotatable bonds is 6. The third-order valence-electron chi connectivity index (χ3n) is 3.75. The number of benzene rings is 2. The normalized spacial score (nSPS) is 12.7. The zero-order valence-electron chi connectivity index (χ0n) is 14.2. The predicted octanol–water partition coefficient (Wildman–Crippen LogP) is 1.70. The number of tetrazole rings is 1. The third-order valence-corrected chi connectivity index (χ3v) is 4.89. The van der Waals surface area contributed by atoms with Crippen molar-refractivity contribution in [3.8, 4) is 28.3 Å². The summed E-state index contributed by atoms with van der Waals surface area (Å²) >= 11 is 0. The van der Waals surface area contributed by atoms with Gasteiger partial charge < -0.3 is 9.84 Å². The Kier molecular flexibility index (Phi) is 5.01. The van der Waals surface area contributed by atoms with Gasteiger partial charge in [0, 0.05) is 11.8 Å². The van der Waals surface area contributed by atoms with Crippen molar-refractivity contribution in [3.05, 3.63) is 42.5 Å². The molecule has 1 atom stereocenters. The first kappa shape index (κ1) is 18.0. The summed E-state index contributed by atoms with van der Waals surface area (Å²) in [7, 11) is -3.49. The van der Waals surface area contributed by atoms with Gasteiger partial charge in [0.05, 0.1) is 11.5 Å². The molecule has 1 aromatic heterocycles. The average molecular weight is 374 g/mol. The first-order valence-corrected chi connectivity index (χ1v) is 9.74. The largest absolute Gasteiger partial charge is 0.488 e. The zero-order chi connectivity index (χ0) is 18.7. The number of hydrogen-bond acceptors (Lipinski definition) is 7. The Morgan fingerprint density at radius 2 is 1.92 bits per heavy atom. The van der Waals surface area contributed by atoms with E-state index in [0.717, 1.165) is 11.8 Å². The number of aromatic nitrogens is 4. The van der Waals surface area contributed by atoms with E-state index in [4.69, 9.17) is 9.84 Å². The highest BCUT2D eigenvalue weighted by Gasteiger charge is 2.21. The quantitative estimate of drug-likeness (QED) is 0.674. The molecule has 0 saturated heterocycles. The van der Waals surface area contributed by atoms with Crippen molar-refractivity contribution in [1.29, 1.82) is 0 Å². The number of nitrogens with zero attached hydrogens (tertiary/aromatic N) is 3. The molecule has 3 aromatic rings. The molecular weight excluding hydrogens is 356 g/mol. The molecule has 136 valence electrons. The van der Waals surface area contributed by atoms with Crippen LogP contribution in [-0.4, -0.2) is 53.1 Å². The van der Waals surface area contributed by atoms with E-state index in [2.05, 4.69) is 20.6 Å². The summed E-state index contributed by atoms with van der Waals surface area (Å²) in [5, 5.41) is 22.9. The van der Waals surface area contributed by atoms with Crippen LogP contribution < -0.4 is 4.74 Å². The van der Waals surface area contributed by atoms with Gasteiger partial charge in [0.25, 0.3) is 0 Å². The summed E-state index contributed by atoms with van der Waals surface area (Å²) in [4.78, 5) is 0.130. The van der Waals surface area contributed by atoms with Gasteiger partial charge in [-0.3, -0.25) is 0 Å². The summed E-state index contributed by atoms with van der Waals surface area (Å²) < 4.78 is 30.0. The summed E-state index contributed by atoms with van der Waals surface area (Å²) in [6.07, 6.45) is 0.826. The summed E-state index contributed by atoms with van der Waals surface area (Å²) in [5.41, 5.74) is 1.83. The zero-order valence-corrected chi connectivity index (χ0v) is 15.1. The minimum absolute atomic E-state index is 0.0832. The van der Waals surface area contributed by atoms with E-state index in [1.165, 1.54) is 6.07 Å². The van der Waals surface area contributed by atoms with Gasteiger partial charge in [0.15, 0.2) is 9.84 Å². The highest BCUT2D eigenvalue weighted by Crippen LogP contribution is 2.35. The summed E-state index contributed by atoms with van der Waals surface area (Å²) in [5.74, 6) is 0.811. The van der Waals surface area contributed by atoms with Crippen LogP contribution >= 0.6 is 0 Å². The molecule has 0 fully saturated rings. The van der Waals surface area contributed by atoms with Crippen molar-refractivity contribution in [2.24, 2.45) is 0 Å². The number of sulfone groups is 1. The lowest BCUT2D eigenvalue weighted by Crippen LogP contribution is -2.15. The molecule has 0 bridgehead atoms. The van der Waals surface area contributed by atoms with E-state index in [1.54, 1.807) is 31.2 Å². The van der Waals surface area contributed by atoms with E-state index >= 15 is 0 Å². The number of ether oxygens (including phenoxy) is 1. The van der Waals surface area contributed by atoms with Crippen LogP contribution in [-0.2, 0) is 9.84 Å². The average Bonchev–Trinajstić information content (AvgIpc) is 3.15. The summed E-state index contributed by atoms with van der Waals surface area (Å²) in [6, 6.07) is 12.1. The van der Waals surface area contributed by atoms with Gasteiger partial charge in [-0.1, -0.05) is 24.3 Å². The molecule has 0 radical (unpaired) electrons. The van der Waals surface area contributed by atoms with E-state index in [9.17, 15) is 8.42 Å². The lowest BCUT2D eigenvalue weighted by molar-refractivity contribution is 0.130. The van der Waals surface area contributed by atoms with Crippen molar-refractivity contribution in [2.75, 3.05) is 12.9 Å². The molecule has 8 nitrogen and oxygen atoms in total. The predicted molar refractivity (Wildman–Crippen MR) is 95.3 cm³/mol. The van der Waals surface area contributed by atoms with Crippen LogP contribution in [0.15, 0.2) is 47.4 Å². The van der Waals surface area contributed by atoms with Gasteiger partial charge in [-0.15, -0.1) is 10.2 Å².